The fourth-order valence-corrected chi connectivity index (χ4v) is 3.73. The Balaban J connectivity index is 1.43. The third-order valence-electron chi connectivity index (χ3n) is 5.52. The van der Waals surface area contributed by atoms with Crippen LogP contribution in [0.1, 0.15) is 48.0 Å². The number of hydrogen-bond donors (Lipinski definition) is 0. The molecule has 0 bridgehead atoms. The Kier molecular flexibility index (Phi) is 6.44. The van der Waals surface area contributed by atoms with Gasteiger partial charge in [0.2, 0.25) is 5.82 Å². The van der Waals surface area contributed by atoms with E-state index in [0.29, 0.717) is 11.5 Å². The van der Waals surface area contributed by atoms with Crippen LogP contribution in [0.5, 0.6) is 0 Å². The van der Waals surface area contributed by atoms with E-state index in [4.69, 9.17) is 9.26 Å². The first kappa shape index (κ1) is 21.5. The van der Waals surface area contributed by atoms with Gasteiger partial charge in [0.15, 0.2) is 6.61 Å². The monoisotopic (exact) mass is 436 g/mol. The number of hydrogen-bond acceptors (Lipinski definition) is 8. The maximum absolute atomic E-state index is 12.5. The molecule has 0 spiro atoms. The second kappa shape index (κ2) is 9.59. The molecule has 3 aromatic rings. The van der Waals surface area contributed by atoms with Crippen LogP contribution in [0.15, 0.2) is 47.0 Å². The lowest BCUT2D eigenvalue weighted by molar-refractivity contribution is -0.384. The Morgan fingerprint density at radius 2 is 1.91 bits per heavy atom. The summed E-state index contributed by atoms with van der Waals surface area (Å²) in [6, 6.07) is 12.2. The first-order valence-electron chi connectivity index (χ1n) is 10.7. The molecule has 2 heterocycles. The average Bonchev–Trinajstić information content (AvgIpc) is 3.32. The molecule has 2 aromatic carbocycles. The number of nitrogens with zero attached hydrogens (tertiary/aromatic N) is 4. The molecule has 0 aliphatic carbocycles. The molecule has 0 saturated carbocycles. The van der Waals surface area contributed by atoms with E-state index >= 15 is 0 Å². The molecule has 0 unspecified atom stereocenters. The first-order valence-corrected chi connectivity index (χ1v) is 10.7. The summed E-state index contributed by atoms with van der Waals surface area (Å²) in [6.07, 6.45) is 4.05. The number of rotatable bonds is 7. The SMILES string of the molecule is CCc1ccc(-c2noc(COC(=O)c3ccc(N4CCCCC4)c([N+](=O)[O-])c3)n2)cc1. The van der Waals surface area contributed by atoms with Gasteiger partial charge in [0.25, 0.3) is 11.6 Å². The number of carbonyl (C=O) groups excluding carboxylic acids is 1. The molecule has 32 heavy (non-hydrogen) atoms. The van der Waals surface area contributed by atoms with E-state index in [9.17, 15) is 14.9 Å². The highest BCUT2D eigenvalue weighted by Gasteiger charge is 2.24. The number of carbonyl (C=O) groups is 1. The number of aryl methyl sites for hydroxylation is 1. The second-order valence-corrected chi connectivity index (χ2v) is 7.65. The Morgan fingerprint density at radius 1 is 1.16 bits per heavy atom. The zero-order valence-corrected chi connectivity index (χ0v) is 17.8. The van der Waals surface area contributed by atoms with Crippen molar-refractivity contribution in [2.45, 2.75) is 39.2 Å². The molecule has 1 aliphatic rings. The molecule has 0 atom stereocenters. The third-order valence-corrected chi connectivity index (χ3v) is 5.52. The van der Waals surface area contributed by atoms with Crippen molar-refractivity contribution < 1.29 is 19.0 Å². The number of nitro groups is 1. The fraction of sp³-hybridized carbons (Fsp3) is 0.348. The van der Waals surface area contributed by atoms with Gasteiger partial charge in [-0.05, 0) is 43.4 Å². The van der Waals surface area contributed by atoms with Crippen molar-refractivity contribution in [1.29, 1.82) is 0 Å². The molecule has 0 N–H and O–H groups in total. The van der Waals surface area contributed by atoms with Crippen LogP contribution in [0.3, 0.4) is 0 Å². The summed E-state index contributed by atoms with van der Waals surface area (Å²) in [5.41, 5.74) is 2.53. The number of piperidine rings is 1. The smallest absolute Gasteiger partial charge is 0.338 e. The number of benzene rings is 2. The maximum atomic E-state index is 12.5. The lowest BCUT2D eigenvalue weighted by Crippen LogP contribution is -2.30. The van der Waals surface area contributed by atoms with E-state index in [1.807, 2.05) is 29.2 Å². The van der Waals surface area contributed by atoms with Crippen LogP contribution in [-0.4, -0.2) is 34.1 Å². The highest BCUT2D eigenvalue weighted by Crippen LogP contribution is 2.31. The van der Waals surface area contributed by atoms with Gasteiger partial charge in [-0.2, -0.15) is 4.98 Å². The second-order valence-electron chi connectivity index (χ2n) is 7.65. The normalized spacial score (nSPS) is 13.7. The lowest BCUT2D eigenvalue weighted by Gasteiger charge is -2.28. The van der Waals surface area contributed by atoms with Crippen LogP contribution in [-0.2, 0) is 17.8 Å². The van der Waals surface area contributed by atoms with Crippen molar-refractivity contribution in [3.8, 4) is 11.4 Å². The van der Waals surface area contributed by atoms with Gasteiger partial charge < -0.3 is 14.2 Å². The van der Waals surface area contributed by atoms with Crippen molar-refractivity contribution in [2.24, 2.45) is 0 Å². The predicted octanol–water partition coefficient (Wildman–Crippen LogP) is 4.55. The minimum Gasteiger partial charge on any atom is -0.452 e. The predicted molar refractivity (Wildman–Crippen MR) is 117 cm³/mol. The van der Waals surface area contributed by atoms with Gasteiger partial charge in [-0.1, -0.05) is 36.3 Å². The molecule has 4 rings (SSSR count). The van der Waals surface area contributed by atoms with Crippen LogP contribution < -0.4 is 4.90 Å². The number of esters is 1. The standard InChI is InChI=1S/C23H24N4O5/c1-2-16-6-8-17(9-7-16)22-24-21(32-25-22)15-31-23(28)18-10-11-19(20(14-18)27(29)30)26-12-4-3-5-13-26/h6-11,14H,2-5,12-13,15H2,1H3. The summed E-state index contributed by atoms with van der Waals surface area (Å²) in [7, 11) is 0. The van der Waals surface area contributed by atoms with Gasteiger partial charge in [0, 0.05) is 24.7 Å². The van der Waals surface area contributed by atoms with E-state index in [1.54, 1.807) is 12.1 Å². The largest absolute Gasteiger partial charge is 0.452 e. The van der Waals surface area contributed by atoms with Gasteiger partial charge in [0.1, 0.15) is 5.69 Å². The van der Waals surface area contributed by atoms with Crippen LogP contribution in [0, 0.1) is 10.1 Å². The summed E-state index contributed by atoms with van der Waals surface area (Å²) in [6.45, 7) is 3.39. The van der Waals surface area contributed by atoms with Crippen molar-refractivity contribution in [3.63, 3.8) is 0 Å². The maximum Gasteiger partial charge on any atom is 0.338 e. The van der Waals surface area contributed by atoms with E-state index in [0.717, 1.165) is 44.3 Å². The summed E-state index contributed by atoms with van der Waals surface area (Å²) < 4.78 is 10.4. The highest BCUT2D eigenvalue weighted by molar-refractivity contribution is 5.91. The molecular weight excluding hydrogens is 412 g/mol. The van der Waals surface area contributed by atoms with Gasteiger partial charge in [-0.3, -0.25) is 10.1 Å². The van der Waals surface area contributed by atoms with Gasteiger partial charge >= 0.3 is 5.97 Å². The molecule has 1 saturated heterocycles. The van der Waals surface area contributed by atoms with Crippen LogP contribution in [0.2, 0.25) is 0 Å². The zero-order chi connectivity index (χ0) is 22.5. The topological polar surface area (TPSA) is 112 Å². The van der Waals surface area contributed by atoms with Crippen molar-refractivity contribution in [3.05, 3.63) is 69.6 Å². The van der Waals surface area contributed by atoms with Crippen molar-refractivity contribution >= 4 is 17.3 Å². The summed E-state index contributed by atoms with van der Waals surface area (Å²) in [5.74, 6) is -0.141. The summed E-state index contributed by atoms with van der Waals surface area (Å²) in [5, 5.41) is 15.5. The molecule has 1 aliphatic heterocycles. The minimum atomic E-state index is -0.689. The lowest BCUT2D eigenvalue weighted by atomic mass is 10.1. The highest BCUT2D eigenvalue weighted by atomic mass is 16.6. The van der Waals surface area contributed by atoms with Gasteiger partial charge in [-0.15, -0.1) is 0 Å². The zero-order valence-electron chi connectivity index (χ0n) is 17.8. The Hall–Kier alpha value is -3.75. The molecule has 9 nitrogen and oxygen atoms in total. The molecule has 166 valence electrons. The van der Waals surface area contributed by atoms with Crippen LogP contribution >= 0.6 is 0 Å². The van der Waals surface area contributed by atoms with E-state index in [-0.39, 0.29) is 23.7 Å². The Labute approximate surface area is 185 Å². The van der Waals surface area contributed by atoms with Crippen molar-refractivity contribution in [2.75, 3.05) is 18.0 Å². The number of anilines is 1. The van der Waals surface area contributed by atoms with Crippen molar-refractivity contribution in [1.82, 2.24) is 10.1 Å². The Morgan fingerprint density at radius 3 is 2.59 bits per heavy atom. The molecule has 9 heteroatoms. The third kappa shape index (κ3) is 4.77. The van der Waals surface area contributed by atoms with Crippen LogP contribution in [0.25, 0.3) is 11.4 Å². The molecule has 0 radical (unpaired) electrons. The average molecular weight is 436 g/mol. The summed E-state index contributed by atoms with van der Waals surface area (Å²) in [4.78, 5) is 29.8. The fourth-order valence-electron chi connectivity index (χ4n) is 3.73. The number of aromatic nitrogens is 2. The van der Waals surface area contributed by atoms with E-state index in [1.165, 1.54) is 11.6 Å². The molecular formula is C23H24N4O5. The molecule has 0 amide bonds. The number of ether oxygens (including phenoxy) is 1. The van der Waals surface area contributed by atoms with Gasteiger partial charge in [-0.25, -0.2) is 4.79 Å². The Bertz CT molecular complexity index is 1100. The number of nitro benzene ring substituents is 1. The minimum absolute atomic E-state index is 0.100. The summed E-state index contributed by atoms with van der Waals surface area (Å²) >= 11 is 0. The van der Waals surface area contributed by atoms with E-state index in [2.05, 4.69) is 17.1 Å². The first-order chi connectivity index (χ1) is 15.5. The quantitative estimate of drug-likeness (QED) is 0.301. The van der Waals surface area contributed by atoms with Gasteiger partial charge in [0.05, 0.1) is 10.5 Å². The molecule has 1 fully saturated rings. The van der Waals surface area contributed by atoms with E-state index < -0.39 is 10.9 Å². The van der Waals surface area contributed by atoms with Crippen LogP contribution in [0.4, 0.5) is 11.4 Å². The molecule has 1 aromatic heterocycles.